The van der Waals surface area contributed by atoms with Crippen molar-refractivity contribution in [2.24, 2.45) is 0 Å². The van der Waals surface area contributed by atoms with Crippen LogP contribution in [0.1, 0.15) is 36.0 Å². The highest BCUT2D eigenvalue weighted by atomic mass is 16.5. The minimum absolute atomic E-state index is 0.0779. The summed E-state index contributed by atoms with van der Waals surface area (Å²) in [5.74, 6) is 0.624. The van der Waals surface area contributed by atoms with Gasteiger partial charge in [-0.1, -0.05) is 5.16 Å². The average Bonchev–Trinajstić information content (AvgIpc) is 3.30. The molecule has 0 saturated carbocycles. The van der Waals surface area contributed by atoms with E-state index in [-0.39, 0.29) is 30.2 Å². The van der Waals surface area contributed by atoms with E-state index in [0.29, 0.717) is 23.7 Å². The second kappa shape index (κ2) is 8.48. The molecule has 8 heteroatoms. The fourth-order valence-electron chi connectivity index (χ4n) is 2.58. The first-order chi connectivity index (χ1) is 12.6. The Morgan fingerprint density at radius 1 is 1.31 bits per heavy atom. The van der Waals surface area contributed by atoms with E-state index in [0.717, 1.165) is 19.4 Å². The molecular weight excluding hydrogens is 338 g/mol. The van der Waals surface area contributed by atoms with Gasteiger partial charge in [0.25, 0.3) is 5.91 Å². The highest BCUT2D eigenvalue weighted by molar-refractivity contribution is 5.92. The minimum atomic E-state index is -0.296. The van der Waals surface area contributed by atoms with E-state index in [1.807, 2.05) is 0 Å². The molecule has 1 unspecified atom stereocenters. The van der Waals surface area contributed by atoms with Gasteiger partial charge in [0.1, 0.15) is 12.4 Å². The molecule has 0 radical (unpaired) electrons. The third-order valence-electron chi connectivity index (χ3n) is 3.86. The van der Waals surface area contributed by atoms with Gasteiger partial charge in [0, 0.05) is 31.8 Å². The standard InChI is InChI=1S/C18H21N3O5/c1-12(22)20-13-4-6-14(7-5-13)25-11-16-9-17(21-26-16)18(23)19-10-15-3-2-8-24-15/h4-7,9,15H,2-3,8,10-11H2,1H3,(H,19,23)(H,20,22). The number of nitrogens with zero attached hydrogens (tertiary/aromatic N) is 1. The molecule has 1 aliphatic rings. The van der Waals surface area contributed by atoms with Gasteiger partial charge in [-0.3, -0.25) is 9.59 Å². The summed E-state index contributed by atoms with van der Waals surface area (Å²) >= 11 is 0. The highest BCUT2D eigenvalue weighted by Crippen LogP contribution is 2.17. The molecule has 2 N–H and O–H groups in total. The third kappa shape index (κ3) is 5.06. The smallest absolute Gasteiger partial charge is 0.273 e. The molecular formula is C18H21N3O5. The summed E-state index contributed by atoms with van der Waals surface area (Å²) < 4.78 is 16.2. The average molecular weight is 359 g/mol. The SMILES string of the molecule is CC(=O)Nc1ccc(OCc2cc(C(=O)NCC3CCCO3)no2)cc1. The molecule has 2 aromatic rings. The summed E-state index contributed by atoms with van der Waals surface area (Å²) in [6.07, 6.45) is 2.06. The van der Waals surface area contributed by atoms with Gasteiger partial charge in [0.15, 0.2) is 11.5 Å². The van der Waals surface area contributed by atoms with Crippen LogP contribution in [0.3, 0.4) is 0 Å². The number of rotatable bonds is 7. The number of hydrogen-bond donors (Lipinski definition) is 2. The van der Waals surface area contributed by atoms with E-state index in [1.54, 1.807) is 30.3 Å². The maximum atomic E-state index is 12.1. The van der Waals surface area contributed by atoms with Crippen molar-refractivity contribution in [2.75, 3.05) is 18.5 Å². The summed E-state index contributed by atoms with van der Waals surface area (Å²) in [7, 11) is 0. The first-order valence-electron chi connectivity index (χ1n) is 8.46. The number of nitrogens with one attached hydrogen (secondary N) is 2. The summed E-state index contributed by atoms with van der Waals surface area (Å²) in [6.45, 7) is 2.81. The van der Waals surface area contributed by atoms with Crippen molar-refractivity contribution in [3.63, 3.8) is 0 Å². The van der Waals surface area contributed by atoms with Gasteiger partial charge in [0.05, 0.1) is 6.10 Å². The number of carbonyl (C=O) groups is 2. The highest BCUT2D eigenvalue weighted by Gasteiger charge is 2.18. The van der Waals surface area contributed by atoms with Gasteiger partial charge in [-0.25, -0.2) is 0 Å². The lowest BCUT2D eigenvalue weighted by molar-refractivity contribution is -0.114. The molecule has 1 atom stereocenters. The Labute approximate surface area is 150 Å². The molecule has 26 heavy (non-hydrogen) atoms. The van der Waals surface area contributed by atoms with Crippen LogP contribution in [-0.2, 0) is 16.1 Å². The summed E-state index contributed by atoms with van der Waals surface area (Å²) in [5.41, 5.74) is 0.900. The van der Waals surface area contributed by atoms with Crippen LogP contribution in [0.25, 0.3) is 0 Å². The topological polar surface area (TPSA) is 103 Å². The number of carbonyl (C=O) groups excluding carboxylic acids is 2. The molecule has 1 saturated heterocycles. The van der Waals surface area contributed by atoms with E-state index >= 15 is 0 Å². The van der Waals surface area contributed by atoms with E-state index in [1.165, 1.54) is 6.92 Å². The maximum Gasteiger partial charge on any atom is 0.273 e. The number of benzene rings is 1. The van der Waals surface area contributed by atoms with Gasteiger partial charge >= 0.3 is 0 Å². The van der Waals surface area contributed by atoms with Crippen molar-refractivity contribution in [3.8, 4) is 5.75 Å². The molecule has 1 fully saturated rings. The number of aromatic nitrogens is 1. The Balaban J connectivity index is 1.47. The van der Waals surface area contributed by atoms with Gasteiger partial charge in [0.2, 0.25) is 5.91 Å². The lowest BCUT2D eigenvalue weighted by atomic mass is 10.2. The molecule has 2 amide bonds. The van der Waals surface area contributed by atoms with E-state index in [2.05, 4.69) is 15.8 Å². The van der Waals surface area contributed by atoms with Crippen LogP contribution in [0.2, 0.25) is 0 Å². The summed E-state index contributed by atoms with van der Waals surface area (Å²) in [5, 5.41) is 9.23. The number of hydrogen-bond acceptors (Lipinski definition) is 6. The van der Waals surface area contributed by atoms with E-state index in [9.17, 15) is 9.59 Å². The van der Waals surface area contributed by atoms with Gasteiger partial charge in [-0.15, -0.1) is 0 Å². The third-order valence-corrected chi connectivity index (χ3v) is 3.86. The quantitative estimate of drug-likeness (QED) is 0.785. The van der Waals surface area contributed by atoms with Crippen LogP contribution < -0.4 is 15.4 Å². The van der Waals surface area contributed by atoms with Gasteiger partial charge in [-0.05, 0) is 37.1 Å². The lowest BCUT2D eigenvalue weighted by Gasteiger charge is -2.09. The second-order valence-corrected chi connectivity index (χ2v) is 6.02. The Morgan fingerprint density at radius 2 is 2.12 bits per heavy atom. The Bertz CT molecular complexity index is 750. The van der Waals surface area contributed by atoms with Crippen molar-refractivity contribution >= 4 is 17.5 Å². The molecule has 0 aliphatic carbocycles. The molecule has 8 nitrogen and oxygen atoms in total. The van der Waals surface area contributed by atoms with Crippen molar-refractivity contribution in [2.45, 2.75) is 32.5 Å². The Kier molecular flexibility index (Phi) is 5.85. The summed E-state index contributed by atoms with van der Waals surface area (Å²) in [6, 6.07) is 8.49. The van der Waals surface area contributed by atoms with Crippen molar-refractivity contribution in [1.82, 2.24) is 10.5 Å². The predicted molar refractivity (Wildman–Crippen MR) is 92.9 cm³/mol. The maximum absolute atomic E-state index is 12.1. The fraction of sp³-hybridized carbons (Fsp3) is 0.389. The van der Waals surface area contributed by atoms with Crippen LogP contribution in [-0.4, -0.2) is 36.2 Å². The molecule has 1 aromatic carbocycles. The zero-order valence-electron chi connectivity index (χ0n) is 14.5. The van der Waals surface area contributed by atoms with Crippen molar-refractivity contribution in [3.05, 3.63) is 41.8 Å². The van der Waals surface area contributed by atoms with Crippen LogP contribution >= 0.6 is 0 Å². The largest absolute Gasteiger partial charge is 0.486 e. The number of amides is 2. The number of anilines is 1. The van der Waals surface area contributed by atoms with Gasteiger partial charge < -0.3 is 24.6 Å². The zero-order chi connectivity index (χ0) is 18.4. The predicted octanol–water partition coefficient (Wildman–Crippen LogP) is 2.12. The molecule has 0 spiro atoms. The zero-order valence-corrected chi connectivity index (χ0v) is 14.5. The van der Waals surface area contributed by atoms with Crippen molar-refractivity contribution in [1.29, 1.82) is 0 Å². The lowest BCUT2D eigenvalue weighted by Crippen LogP contribution is -2.31. The van der Waals surface area contributed by atoms with Gasteiger partial charge in [-0.2, -0.15) is 0 Å². The van der Waals surface area contributed by atoms with Crippen LogP contribution in [0, 0.1) is 0 Å². The van der Waals surface area contributed by atoms with Crippen LogP contribution in [0.4, 0.5) is 5.69 Å². The first kappa shape index (κ1) is 17.9. The molecule has 0 bridgehead atoms. The van der Waals surface area contributed by atoms with E-state index < -0.39 is 0 Å². The Hall–Kier alpha value is -2.87. The Morgan fingerprint density at radius 3 is 2.81 bits per heavy atom. The molecule has 1 aromatic heterocycles. The monoisotopic (exact) mass is 359 g/mol. The van der Waals surface area contributed by atoms with Crippen LogP contribution in [0.15, 0.2) is 34.9 Å². The minimum Gasteiger partial charge on any atom is -0.486 e. The normalized spacial score (nSPS) is 16.3. The second-order valence-electron chi connectivity index (χ2n) is 6.02. The fourth-order valence-corrected chi connectivity index (χ4v) is 2.58. The molecule has 2 heterocycles. The van der Waals surface area contributed by atoms with Crippen molar-refractivity contribution < 1.29 is 23.6 Å². The molecule has 138 valence electrons. The first-order valence-corrected chi connectivity index (χ1v) is 8.46. The van der Waals surface area contributed by atoms with Crippen LogP contribution in [0.5, 0.6) is 5.75 Å². The van der Waals surface area contributed by atoms with E-state index in [4.69, 9.17) is 14.0 Å². The summed E-state index contributed by atoms with van der Waals surface area (Å²) in [4.78, 5) is 23.0. The molecule has 3 rings (SSSR count). The number of ether oxygens (including phenoxy) is 2. The molecule has 1 aliphatic heterocycles.